The second-order valence-electron chi connectivity index (χ2n) is 4.34. The van der Waals surface area contributed by atoms with Gasteiger partial charge in [0.1, 0.15) is 5.82 Å². The molecule has 2 rings (SSSR count). The first-order chi connectivity index (χ1) is 9.08. The van der Waals surface area contributed by atoms with Crippen molar-refractivity contribution in [1.82, 2.24) is 4.98 Å². The number of para-hydroxylation sites is 2. The van der Waals surface area contributed by atoms with Gasteiger partial charge in [-0.2, -0.15) is 0 Å². The van der Waals surface area contributed by atoms with Crippen LogP contribution in [0.5, 0.6) is 0 Å². The molecule has 0 aliphatic carbocycles. The molecule has 1 aromatic heterocycles. The van der Waals surface area contributed by atoms with Gasteiger partial charge in [0.15, 0.2) is 0 Å². The molecule has 0 unspecified atom stereocenters. The first kappa shape index (κ1) is 12.9. The molecule has 0 saturated carbocycles. The second kappa shape index (κ2) is 5.39. The van der Waals surface area contributed by atoms with Crippen LogP contribution in [0.1, 0.15) is 10.4 Å². The summed E-state index contributed by atoms with van der Waals surface area (Å²) >= 11 is 0. The van der Waals surface area contributed by atoms with E-state index in [1.54, 1.807) is 12.1 Å². The van der Waals surface area contributed by atoms with Crippen LogP contribution in [0.2, 0.25) is 0 Å². The van der Waals surface area contributed by atoms with Crippen LogP contribution < -0.4 is 16.0 Å². The van der Waals surface area contributed by atoms with Crippen molar-refractivity contribution in [3.8, 4) is 0 Å². The first-order valence-corrected chi connectivity index (χ1v) is 5.87. The third-order valence-electron chi connectivity index (χ3n) is 2.68. The van der Waals surface area contributed by atoms with Crippen molar-refractivity contribution in [3.05, 3.63) is 48.2 Å². The third-order valence-corrected chi connectivity index (χ3v) is 2.68. The predicted molar refractivity (Wildman–Crippen MR) is 77.4 cm³/mol. The van der Waals surface area contributed by atoms with Gasteiger partial charge in [0.2, 0.25) is 0 Å². The largest absolute Gasteiger partial charge is 0.384 e. The molecule has 1 heterocycles. The van der Waals surface area contributed by atoms with Crippen LogP contribution in [0.3, 0.4) is 0 Å². The number of nitrogens with one attached hydrogen (secondary N) is 1. The zero-order valence-electron chi connectivity index (χ0n) is 10.9. The summed E-state index contributed by atoms with van der Waals surface area (Å²) in [7, 11) is 3.85. The number of pyridine rings is 1. The molecule has 0 fully saturated rings. The van der Waals surface area contributed by atoms with Crippen molar-refractivity contribution in [1.29, 1.82) is 0 Å². The molecule has 5 heteroatoms. The van der Waals surface area contributed by atoms with Gasteiger partial charge >= 0.3 is 0 Å². The molecule has 1 aromatic carbocycles. The molecule has 19 heavy (non-hydrogen) atoms. The molecule has 0 saturated heterocycles. The Morgan fingerprint density at radius 2 is 2.00 bits per heavy atom. The zero-order chi connectivity index (χ0) is 13.8. The lowest BCUT2D eigenvalue weighted by molar-refractivity contribution is 0.102. The van der Waals surface area contributed by atoms with Crippen molar-refractivity contribution >= 4 is 23.1 Å². The van der Waals surface area contributed by atoms with Crippen molar-refractivity contribution < 1.29 is 4.79 Å². The summed E-state index contributed by atoms with van der Waals surface area (Å²) in [6.07, 6.45) is 1.52. The Hall–Kier alpha value is -2.56. The fraction of sp³-hybridized carbons (Fsp3) is 0.143. The zero-order valence-corrected chi connectivity index (χ0v) is 10.9. The number of anilines is 3. The Morgan fingerprint density at radius 3 is 2.68 bits per heavy atom. The number of carbonyl (C=O) groups is 1. The highest BCUT2D eigenvalue weighted by Crippen LogP contribution is 2.24. The van der Waals surface area contributed by atoms with Gasteiger partial charge in [-0.1, -0.05) is 12.1 Å². The Bertz CT molecular complexity index is 596. The lowest BCUT2D eigenvalue weighted by Crippen LogP contribution is -2.16. The molecule has 0 atom stereocenters. The van der Waals surface area contributed by atoms with Gasteiger partial charge in [0.25, 0.3) is 5.91 Å². The molecule has 2 aromatic rings. The maximum absolute atomic E-state index is 12.1. The van der Waals surface area contributed by atoms with E-state index in [9.17, 15) is 4.79 Å². The number of hydrogen-bond acceptors (Lipinski definition) is 4. The summed E-state index contributed by atoms with van der Waals surface area (Å²) in [5, 5.41) is 2.87. The van der Waals surface area contributed by atoms with E-state index < -0.39 is 0 Å². The highest BCUT2D eigenvalue weighted by Gasteiger charge is 2.10. The van der Waals surface area contributed by atoms with E-state index in [1.807, 2.05) is 43.3 Å². The van der Waals surface area contributed by atoms with Crippen LogP contribution in [0, 0.1) is 0 Å². The Labute approximate surface area is 112 Å². The molecule has 5 nitrogen and oxygen atoms in total. The van der Waals surface area contributed by atoms with Crippen LogP contribution in [-0.4, -0.2) is 25.0 Å². The van der Waals surface area contributed by atoms with E-state index >= 15 is 0 Å². The maximum Gasteiger partial charge on any atom is 0.255 e. The normalized spacial score (nSPS) is 10.0. The maximum atomic E-state index is 12.1. The molecule has 1 amide bonds. The number of nitrogens with two attached hydrogens (primary N) is 1. The van der Waals surface area contributed by atoms with Crippen molar-refractivity contribution in [2.45, 2.75) is 0 Å². The second-order valence-corrected chi connectivity index (χ2v) is 4.34. The average molecular weight is 256 g/mol. The van der Waals surface area contributed by atoms with E-state index in [2.05, 4.69) is 10.3 Å². The number of rotatable bonds is 3. The van der Waals surface area contributed by atoms with Crippen molar-refractivity contribution in [2.24, 2.45) is 0 Å². The lowest BCUT2D eigenvalue weighted by Gasteiger charge is -2.17. The van der Waals surface area contributed by atoms with Crippen LogP contribution in [0.15, 0.2) is 42.6 Å². The van der Waals surface area contributed by atoms with Crippen molar-refractivity contribution in [2.75, 3.05) is 30.0 Å². The topological polar surface area (TPSA) is 71.2 Å². The van der Waals surface area contributed by atoms with Crippen LogP contribution in [0.25, 0.3) is 0 Å². The van der Waals surface area contributed by atoms with E-state index in [0.29, 0.717) is 11.4 Å². The number of amides is 1. The van der Waals surface area contributed by atoms with Gasteiger partial charge in [-0.15, -0.1) is 0 Å². The summed E-state index contributed by atoms with van der Waals surface area (Å²) in [5.74, 6) is 0.122. The molecule has 0 aliphatic rings. The average Bonchev–Trinajstić information content (AvgIpc) is 2.39. The molecular formula is C14H16N4O. The number of nitrogens with zero attached hydrogens (tertiary/aromatic N) is 2. The number of aromatic nitrogens is 1. The Balaban J connectivity index is 2.24. The minimum atomic E-state index is -0.205. The SMILES string of the molecule is CN(C)c1ccccc1NC(=O)c1ccnc(N)c1. The summed E-state index contributed by atoms with van der Waals surface area (Å²) in [6, 6.07) is 10.8. The third kappa shape index (κ3) is 3.01. The Kier molecular flexibility index (Phi) is 3.66. The van der Waals surface area contributed by atoms with Gasteiger partial charge in [0, 0.05) is 25.9 Å². The Morgan fingerprint density at radius 1 is 1.26 bits per heavy atom. The molecule has 0 bridgehead atoms. The summed E-state index contributed by atoms with van der Waals surface area (Å²) in [4.78, 5) is 17.9. The van der Waals surface area contributed by atoms with Crippen LogP contribution >= 0.6 is 0 Å². The molecule has 0 radical (unpaired) electrons. The van der Waals surface area contributed by atoms with E-state index in [1.165, 1.54) is 6.20 Å². The van der Waals surface area contributed by atoms with E-state index in [0.717, 1.165) is 11.4 Å². The van der Waals surface area contributed by atoms with Crippen molar-refractivity contribution in [3.63, 3.8) is 0 Å². The fourth-order valence-electron chi connectivity index (χ4n) is 1.75. The fourth-order valence-corrected chi connectivity index (χ4v) is 1.75. The highest BCUT2D eigenvalue weighted by atomic mass is 16.1. The quantitative estimate of drug-likeness (QED) is 0.881. The summed E-state index contributed by atoms with van der Waals surface area (Å²) < 4.78 is 0. The molecule has 98 valence electrons. The van der Waals surface area contributed by atoms with Gasteiger partial charge in [-0.05, 0) is 24.3 Å². The van der Waals surface area contributed by atoms with Crippen LogP contribution in [-0.2, 0) is 0 Å². The number of carbonyl (C=O) groups excluding carboxylic acids is 1. The monoisotopic (exact) mass is 256 g/mol. The van der Waals surface area contributed by atoms with Gasteiger partial charge in [-0.25, -0.2) is 4.98 Å². The van der Waals surface area contributed by atoms with Crippen LogP contribution in [0.4, 0.5) is 17.2 Å². The molecular weight excluding hydrogens is 240 g/mol. The van der Waals surface area contributed by atoms with Gasteiger partial charge in [0.05, 0.1) is 11.4 Å². The first-order valence-electron chi connectivity index (χ1n) is 5.87. The molecule has 0 aliphatic heterocycles. The van der Waals surface area contributed by atoms with Gasteiger partial charge < -0.3 is 16.0 Å². The van der Waals surface area contributed by atoms with Gasteiger partial charge in [-0.3, -0.25) is 4.79 Å². The minimum absolute atomic E-state index is 0.205. The van der Waals surface area contributed by atoms with E-state index in [4.69, 9.17) is 5.73 Å². The predicted octanol–water partition coefficient (Wildman–Crippen LogP) is 1.98. The molecule has 0 spiro atoms. The van der Waals surface area contributed by atoms with E-state index in [-0.39, 0.29) is 5.91 Å². The number of hydrogen-bond donors (Lipinski definition) is 2. The minimum Gasteiger partial charge on any atom is -0.384 e. The number of benzene rings is 1. The lowest BCUT2D eigenvalue weighted by atomic mass is 10.2. The smallest absolute Gasteiger partial charge is 0.255 e. The number of nitrogen functional groups attached to an aromatic ring is 1. The standard InChI is InChI=1S/C14H16N4O/c1-18(2)12-6-4-3-5-11(12)17-14(19)10-7-8-16-13(15)9-10/h3-9H,1-2H3,(H2,15,16)(H,17,19). The summed E-state index contributed by atoms with van der Waals surface area (Å²) in [6.45, 7) is 0. The molecule has 3 N–H and O–H groups in total. The highest BCUT2D eigenvalue weighted by molar-refractivity contribution is 6.06. The summed E-state index contributed by atoms with van der Waals surface area (Å²) in [5.41, 5.74) is 7.76.